The molecule has 1 aliphatic heterocycles. The van der Waals surface area contributed by atoms with Crippen molar-refractivity contribution in [3.8, 4) is 5.75 Å². The lowest BCUT2D eigenvalue weighted by molar-refractivity contribution is -0.121. The van der Waals surface area contributed by atoms with Crippen molar-refractivity contribution >= 4 is 40.5 Å². The second-order valence-electron chi connectivity index (χ2n) is 8.40. The Hall–Kier alpha value is -2.76. The lowest BCUT2D eigenvalue weighted by atomic mass is 9.85. The summed E-state index contributed by atoms with van der Waals surface area (Å²) in [5, 5.41) is 2.51. The molecule has 2 unspecified atom stereocenters. The number of aromatic amines is 1. The third kappa shape index (κ3) is 6.51. The highest BCUT2D eigenvalue weighted by atomic mass is 35.5. The van der Waals surface area contributed by atoms with E-state index in [2.05, 4.69) is 11.1 Å². The molecule has 2 aromatic carbocycles. The van der Waals surface area contributed by atoms with E-state index in [4.69, 9.17) is 27.9 Å². The van der Waals surface area contributed by atoms with Crippen LogP contribution in [0.5, 0.6) is 5.75 Å². The molecule has 0 radical (unpaired) electrons. The zero-order valence-corrected chi connectivity index (χ0v) is 22.5. The SMILES string of the molecule is CC.COc1ccccc1Cl.O=CN1CCc2c([nH]c3ccc(Cl)cc23)C1C1/C=C\C/C(F)=C\CC1. The molecule has 1 amide bonds. The van der Waals surface area contributed by atoms with E-state index in [1.165, 1.54) is 5.56 Å². The van der Waals surface area contributed by atoms with Crippen molar-refractivity contribution in [3.63, 3.8) is 0 Å². The van der Waals surface area contributed by atoms with Gasteiger partial charge in [0.1, 0.15) is 5.75 Å². The second-order valence-corrected chi connectivity index (χ2v) is 9.25. The zero-order chi connectivity index (χ0) is 26.1. The first-order chi connectivity index (χ1) is 17.5. The summed E-state index contributed by atoms with van der Waals surface area (Å²) >= 11 is 11.9. The summed E-state index contributed by atoms with van der Waals surface area (Å²) in [5.74, 6) is 0.808. The van der Waals surface area contributed by atoms with Crippen molar-refractivity contribution < 1.29 is 13.9 Å². The molecule has 3 aromatic rings. The lowest BCUT2D eigenvalue weighted by Gasteiger charge is -2.37. The summed E-state index contributed by atoms with van der Waals surface area (Å²) in [6, 6.07) is 13.2. The number of fused-ring (bicyclic) bond motifs is 3. The van der Waals surface area contributed by atoms with Crippen LogP contribution in [0.3, 0.4) is 0 Å². The number of H-pyrrole nitrogens is 1. The summed E-state index contributed by atoms with van der Waals surface area (Å²) in [6.45, 7) is 4.69. The maximum atomic E-state index is 13.5. The topological polar surface area (TPSA) is 45.3 Å². The number of carbonyl (C=O) groups is 1. The van der Waals surface area contributed by atoms with Crippen molar-refractivity contribution in [3.05, 3.63) is 87.8 Å². The molecule has 0 saturated heterocycles. The number of allylic oxidation sites excluding steroid dienone is 3. The number of nitrogens with zero attached hydrogens (tertiary/aromatic N) is 1. The fourth-order valence-electron chi connectivity index (χ4n) is 4.73. The molecule has 4 nitrogen and oxygen atoms in total. The Kier molecular flexibility index (Phi) is 10.4. The van der Waals surface area contributed by atoms with Gasteiger partial charge in [-0.25, -0.2) is 4.39 Å². The molecule has 0 bridgehead atoms. The molecular formula is C29H33Cl2FN2O2. The van der Waals surface area contributed by atoms with Crippen LogP contribution in [0, 0.1) is 5.92 Å². The van der Waals surface area contributed by atoms with Gasteiger partial charge >= 0.3 is 0 Å². The molecule has 192 valence electrons. The third-order valence-corrected chi connectivity index (χ3v) is 6.88. The highest BCUT2D eigenvalue weighted by Crippen LogP contribution is 2.41. The van der Waals surface area contributed by atoms with E-state index in [0.717, 1.165) is 46.6 Å². The molecule has 2 atom stereocenters. The largest absolute Gasteiger partial charge is 0.495 e. The molecule has 1 N–H and O–H groups in total. The monoisotopic (exact) mass is 530 g/mol. The lowest BCUT2D eigenvalue weighted by Crippen LogP contribution is -2.38. The molecule has 36 heavy (non-hydrogen) atoms. The predicted molar refractivity (Wildman–Crippen MR) is 148 cm³/mol. The van der Waals surface area contributed by atoms with Gasteiger partial charge in [-0.15, -0.1) is 0 Å². The Morgan fingerprint density at radius 3 is 2.64 bits per heavy atom. The molecule has 2 heterocycles. The highest BCUT2D eigenvalue weighted by Gasteiger charge is 2.34. The van der Waals surface area contributed by atoms with Crippen molar-refractivity contribution in [2.45, 2.75) is 45.6 Å². The van der Waals surface area contributed by atoms with Crippen molar-refractivity contribution in [1.82, 2.24) is 9.88 Å². The van der Waals surface area contributed by atoms with E-state index in [-0.39, 0.29) is 17.8 Å². The van der Waals surface area contributed by atoms with Crippen LogP contribution in [0.15, 0.2) is 66.5 Å². The quantitative estimate of drug-likeness (QED) is 0.272. The minimum absolute atomic E-state index is 0.0433. The van der Waals surface area contributed by atoms with Gasteiger partial charge in [0.15, 0.2) is 0 Å². The van der Waals surface area contributed by atoms with Crippen LogP contribution in [0.4, 0.5) is 4.39 Å². The van der Waals surface area contributed by atoms with Crippen LogP contribution in [0.2, 0.25) is 10.0 Å². The highest BCUT2D eigenvalue weighted by molar-refractivity contribution is 6.32. The summed E-state index contributed by atoms with van der Waals surface area (Å²) in [5.41, 5.74) is 3.39. The van der Waals surface area contributed by atoms with E-state index in [1.807, 2.05) is 61.2 Å². The minimum atomic E-state index is -0.0773. The van der Waals surface area contributed by atoms with E-state index < -0.39 is 0 Å². The fraction of sp³-hybridized carbons (Fsp3) is 0.345. The van der Waals surface area contributed by atoms with Crippen LogP contribution >= 0.6 is 23.2 Å². The molecule has 0 saturated carbocycles. The number of para-hydroxylation sites is 1. The van der Waals surface area contributed by atoms with E-state index in [9.17, 15) is 9.18 Å². The van der Waals surface area contributed by atoms with Crippen molar-refractivity contribution in [1.29, 1.82) is 0 Å². The van der Waals surface area contributed by atoms with Crippen LogP contribution in [0.1, 0.15) is 50.4 Å². The van der Waals surface area contributed by atoms with E-state index in [1.54, 1.807) is 19.3 Å². The number of ether oxygens (including phenoxy) is 1. The Morgan fingerprint density at radius 1 is 1.17 bits per heavy atom. The van der Waals surface area contributed by atoms with Gasteiger partial charge in [0, 0.05) is 40.5 Å². The molecule has 0 fully saturated rings. The summed E-state index contributed by atoms with van der Waals surface area (Å²) in [4.78, 5) is 17.1. The Balaban J connectivity index is 0.000000276. The Labute approximate surface area is 222 Å². The van der Waals surface area contributed by atoms with Crippen LogP contribution in [-0.2, 0) is 11.2 Å². The second kappa shape index (κ2) is 13.5. The summed E-state index contributed by atoms with van der Waals surface area (Å²) in [6.07, 6.45) is 9.20. The maximum Gasteiger partial charge on any atom is 0.210 e. The zero-order valence-electron chi connectivity index (χ0n) is 20.9. The third-order valence-electron chi connectivity index (χ3n) is 6.33. The van der Waals surface area contributed by atoms with Gasteiger partial charge in [0.2, 0.25) is 6.41 Å². The number of benzene rings is 2. The van der Waals surface area contributed by atoms with Crippen LogP contribution in [0.25, 0.3) is 10.9 Å². The number of hydrogen-bond donors (Lipinski definition) is 1. The molecule has 0 spiro atoms. The molecule has 7 heteroatoms. The summed E-state index contributed by atoms with van der Waals surface area (Å²) < 4.78 is 18.4. The van der Waals surface area contributed by atoms with Gasteiger partial charge in [-0.05, 0) is 55.2 Å². The number of hydrogen-bond acceptors (Lipinski definition) is 2. The van der Waals surface area contributed by atoms with Gasteiger partial charge in [0.25, 0.3) is 0 Å². The number of methoxy groups -OCH3 is 1. The van der Waals surface area contributed by atoms with Gasteiger partial charge in [-0.1, -0.05) is 67.4 Å². The van der Waals surface area contributed by atoms with E-state index in [0.29, 0.717) is 24.4 Å². The Bertz CT molecular complexity index is 1220. The van der Waals surface area contributed by atoms with Gasteiger partial charge in [0.05, 0.1) is 24.0 Å². The first kappa shape index (κ1) is 27.8. The molecule has 2 aliphatic rings. The predicted octanol–water partition coefficient (Wildman–Crippen LogP) is 8.46. The van der Waals surface area contributed by atoms with Gasteiger partial charge < -0.3 is 14.6 Å². The number of halogens is 3. The van der Waals surface area contributed by atoms with Crippen molar-refractivity contribution in [2.75, 3.05) is 13.7 Å². The minimum Gasteiger partial charge on any atom is -0.495 e. The van der Waals surface area contributed by atoms with Gasteiger partial charge in [-0.3, -0.25) is 4.79 Å². The molecular weight excluding hydrogens is 498 g/mol. The molecule has 5 rings (SSSR count). The maximum absolute atomic E-state index is 13.5. The summed E-state index contributed by atoms with van der Waals surface area (Å²) in [7, 11) is 1.60. The molecule has 1 aromatic heterocycles. The van der Waals surface area contributed by atoms with Gasteiger partial charge in [-0.2, -0.15) is 0 Å². The van der Waals surface area contributed by atoms with Crippen molar-refractivity contribution in [2.24, 2.45) is 5.92 Å². The first-order valence-corrected chi connectivity index (χ1v) is 13.1. The fourth-order valence-corrected chi connectivity index (χ4v) is 5.11. The average Bonchev–Trinajstić information content (AvgIpc) is 3.25. The Morgan fingerprint density at radius 2 is 1.94 bits per heavy atom. The van der Waals surface area contributed by atoms with E-state index >= 15 is 0 Å². The number of aromatic nitrogens is 1. The number of nitrogens with one attached hydrogen (secondary N) is 1. The normalized spacial score (nSPS) is 21.3. The smallest absolute Gasteiger partial charge is 0.210 e. The van der Waals surface area contributed by atoms with Crippen LogP contribution < -0.4 is 4.74 Å². The first-order valence-electron chi connectivity index (χ1n) is 12.3. The average molecular weight is 531 g/mol. The number of amides is 1. The standard InChI is InChI=1S/C20H20ClFN2O.C7H7ClO.C2H6/c21-14-7-8-18-17(11-14)16-9-10-24(12-25)20(19(16)23-18)13-3-1-5-15(22)6-2-4-13;1-9-7-5-3-2-4-6(7)8;1-2/h1,3,6-8,11-13,20,23H,2,4-5,9-10H2;2-5H,1H3;1-2H3/b3-1-,15-6+;;. The molecule has 1 aliphatic carbocycles. The number of rotatable bonds is 3. The van der Waals surface area contributed by atoms with Crippen LogP contribution in [-0.4, -0.2) is 29.9 Å². The number of carbonyl (C=O) groups excluding carboxylic acids is 1.